The van der Waals surface area contributed by atoms with Crippen molar-refractivity contribution < 1.29 is 19.6 Å². The van der Waals surface area contributed by atoms with Crippen molar-refractivity contribution >= 4 is 40.2 Å². The van der Waals surface area contributed by atoms with Crippen LogP contribution in [-0.2, 0) is 4.79 Å². The van der Waals surface area contributed by atoms with E-state index in [0.717, 1.165) is 0 Å². The van der Waals surface area contributed by atoms with Gasteiger partial charge in [-0.3, -0.25) is 14.9 Å². The third-order valence-electron chi connectivity index (χ3n) is 3.61. The van der Waals surface area contributed by atoms with Crippen LogP contribution in [0.3, 0.4) is 0 Å². The summed E-state index contributed by atoms with van der Waals surface area (Å²) >= 11 is 1.91. The molecule has 112 valence electrons. The maximum atomic E-state index is 12.5. The minimum absolute atomic E-state index is 0.136. The predicted molar refractivity (Wildman–Crippen MR) is 82.1 cm³/mol. The van der Waals surface area contributed by atoms with E-state index in [-0.39, 0.29) is 17.2 Å². The summed E-state index contributed by atoms with van der Waals surface area (Å²) in [4.78, 5) is 35.4. The normalized spacial score (nSPS) is 21.3. The molecule has 2 unspecified atom stereocenters. The highest BCUT2D eigenvalue weighted by atomic mass is 127. The zero-order chi connectivity index (χ0) is 15.7. The molecule has 1 saturated heterocycles. The average Bonchev–Trinajstić information content (AvgIpc) is 2.80. The third-order valence-corrected chi connectivity index (χ3v) is 4.55. The number of nitro benzene ring substituents is 1. The molecule has 2 rings (SSSR count). The largest absolute Gasteiger partial charge is 0.480 e. The second-order valence-corrected chi connectivity index (χ2v) is 6.13. The molecule has 0 bridgehead atoms. The number of halogens is 1. The summed E-state index contributed by atoms with van der Waals surface area (Å²) in [5.74, 6) is -1.66. The zero-order valence-corrected chi connectivity index (χ0v) is 13.3. The lowest BCUT2D eigenvalue weighted by atomic mass is 10.0. The van der Waals surface area contributed by atoms with Gasteiger partial charge in [-0.25, -0.2) is 4.79 Å². The predicted octanol–water partition coefficient (Wildman–Crippen LogP) is 2.13. The number of benzene rings is 1. The molecule has 2 atom stereocenters. The van der Waals surface area contributed by atoms with Gasteiger partial charge in [0.15, 0.2) is 0 Å². The lowest BCUT2D eigenvalue weighted by Crippen LogP contribution is -2.43. The summed E-state index contributed by atoms with van der Waals surface area (Å²) in [6, 6.07) is 3.13. The number of aliphatic carboxylic acids is 1. The number of non-ortho nitro benzene ring substituents is 1. The van der Waals surface area contributed by atoms with Crippen molar-refractivity contribution in [3.8, 4) is 0 Å². The van der Waals surface area contributed by atoms with Crippen molar-refractivity contribution in [3.63, 3.8) is 0 Å². The number of amides is 1. The van der Waals surface area contributed by atoms with Crippen molar-refractivity contribution in [1.82, 2.24) is 4.90 Å². The Morgan fingerprint density at radius 1 is 1.48 bits per heavy atom. The van der Waals surface area contributed by atoms with Crippen LogP contribution in [0, 0.1) is 19.6 Å². The van der Waals surface area contributed by atoms with Gasteiger partial charge in [-0.05, 0) is 41.0 Å². The number of carboxylic acids is 1. The SMILES string of the molecule is CC1CCN(C(=O)c2cc([N+](=O)[O-])ccc2I)C1C(=O)O. The minimum Gasteiger partial charge on any atom is -0.480 e. The first-order valence-electron chi connectivity index (χ1n) is 6.30. The molecule has 1 aliphatic heterocycles. The molecule has 0 aliphatic carbocycles. The summed E-state index contributed by atoms with van der Waals surface area (Å²) in [6.45, 7) is 2.13. The molecule has 0 radical (unpaired) electrons. The molecule has 0 aromatic heterocycles. The van der Waals surface area contributed by atoms with Gasteiger partial charge in [0.1, 0.15) is 6.04 Å². The zero-order valence-electron chi connectivity index (χ0n) is 11.2. The van der Waals surface area contributed by atoms with Gasteiger partial charge in [0.05, 0.1) is 10.5 Å². The standard InChI is InChI=1S/C13H13IN2O5/c1-7-4-5-15(11(7)13(18)19)12(17)9-6-8(16(20)21)2-3-10(9)14/h2-3,6-7,11H,4-5H2,1H3,(H,18,19). The molecule has 1 fully saturated rings. The van der Waals surface area contributed by atoms with Gasteiger partial charge in [0.2, 0.25) is 0 Å². The Hall–Kier alpha value is -1.71. The number of carboxylic acid groups (broad SMARTS) is 1. The summed E-state index contributed by atoms with van der Waals surface area (Å²) in [6.07, 6.45) is 0.605. The van der Waals surface area contributed by atoms with Gasteiger partial charge in [-0.2, -0.15) is 0 Å². The highest BCUT2D eigenvalue weighted by molar-refractivity contribution is 14.1. The molecule has 7 nitrogen and oxygen atoms in total. The number of hydrogen-bond donors (Lipinski definition) is 1. The van der Waals surface area contributed by atoms with E-state index in [1.807, 2.05) is 22.6 Å². The molecule has 1 aliphatic rings. The van der Waals surface area contributed by atoms with E-state index < -0.39 is 22.8 Å². The minimum atomic E-state index is -1.05. The van der Waals surface area contributed by atoms with Crippen molar-refractivity contribution in [2.75, 3.05) is 6.54 Å². The smallest absolute Gasteiger partial charge is 0.326 e. The van der Waals surface area contributed by atoms with Gasteiger partial charge in [-0.1, -0.05) is 6.92 Å². The van der Waals surface area contributed by atoms with Crippen LogP contribution in [-0.4, -0.2) is 39.4 Å². The van der Waals surface area contributed by atoms with Crippen LogP contribution in [0.15, 0.2) is 18.2 Å². The number of carbonyl (C=O) groups is 2. The highest BCUT2D eigenvalue weighted by Gasteiger charge is 2.40. The molecule has 8 heteroatoms. The van der Waals surface area contributed by atoms with Crippen LogP contribution < -0.4 is 0 Å². The quantitative estimate of drug-likeness (QED) is 0.473. The van der Waals surface area contributed by atoms with Gasteiger partial charge >= 0.3 is 5.97 Å². The Balaban J connectivity index is 2.38. The van der Waals surface area contributed by atoms with Crippen LogP contribution in [0.4, 0.5) is 5.69 Å². The van der Waals surface area contributed by atoms with Crippen molar-refractivity contribution in [1.29, 1.82) is 0 Å². The van der Waals surface area contributed by atoms with E-state index in [0.29, 0.717) is 16.5 Å². The van der Waals surface area contributed by atoms with Crippen LogP contribution >= 0.6 is 22.6 Å². The maximum Gasteiger partial charge on any atom is 0.326 e. The molecule has 1 N–H and O–H groups in total. The lowest BCUT2D eigenvalue weighted by Gasteiger charge is -2.23. The second kappa shape index (κ2) is 5.96. The molecular weight excluding hydrogens is 391 g/mol. The third kappa shape index (κ3) is 2.99. The van der Waals surface area contributed by atoms with Gasteiger partial charge in [-0.15, -0.1) is 0 Å². The van der Waals surface area contributed by atoms with E-state index in [4.69, 9.17) is 0 Å². The summed E-state index contributed by atoms with van der Waals surface area (Å²) in [5.41, 5.74) is -0.0111. The first-order valence-corrected chi connectivity index (χ1v) is 7.38. The Morgan fingerprint density at radius 2 is 2.14 bits per heavy atom. The second-order valence-electron chi connectivity index (χ2n) is 4.97. The van der Waals surface area contributed by atoms with E-state index in [2.05, 4.69) is 0 Å². The van der Waals surface area contributed by atoms with Gasteiger partial charge in [0.25, 0.3) is 11.6 Å². The fraction of sp³-hybridized carbons (Fsp3) is 0.385. The highest BCUT2D eigenvalue weighted by Crippen LogP contribution is 2.28. The van der Waals surface area contributed by atoms with Crippen molar-refractivity contribution in [2.24, 2.45) is 5.92 Å². The van der Waals surface area contributed by atoms with Crippen molar-refractivity contribution in [2.45, 2.75) is 19.4 Å². The van der Waals surface area contributed by atoms with Gasteiger partial charge < -0.3 is 10.0 Å². The average molecular weight is 404 g/mol. The molecule has 0 spiro atoms. The molecular formula is C13H13IN2O5. The topological polar surface area (TPSA) is 101 Å². The summed E-state index contributed by atoms with van der Waals surface area (Å²) < 4.78 is 0.562. The number of likely N-dealkylation sites (tertiary alicyclic amines) is 1. The van der Waals surface area contributed by atoms with E-state index in [1.54, 1.807) is 6.92 Å². The summed E-state index contributed by atoms with van der Waals surface area (Å²) in [5, 5.41) is 20.1. The maximum absolute atomic E-state index is 12.5. The fourth-order valence-corrected chi connectivity index (χ4v) is 3.06. The van der Waals surface area contributed by atoms with Gasteiger partial charge in [0, 0.05) is 22.2 Å². The Labute approximate surface area is 134 Å². The van der Waals surface area contributed by atoms with Crippen LogP contribution in [0.25, 0.3) is 0 Å². The first-order chi connectivity index (χ1) is 9.82. The number of hydrogen-bond acceptors (Lipinski definition) is 4. The Bertz CT molecular complexity index is 619. The number of carbonyl (C=O) groups excluding carboxylic acids is 1. The Morgan fingerprint density at radius 3 is 2.71 bits per heavy atom. The number of nitrogens with zero attached hydrogens (tertiary/aromatic N) is 2. The molecule has 1 aromatic carbocycles. The monoisotopic (exact) mass is 404 g/mol. The van der Waals surface area contributed by atoms with Crippen LogP contribution in [0.1, 0.15) is 23.7 Å². The van der Waals surface area contributed by atoms with Crippen LogP contribution in [0.2, 0.25) is 0 Å². The lowest BCUT2D eigenvalue weighted by molar-refractivity contribution is -0.384. The molecule has 21 heavy (non-hydrogen) atoms. The molecule has 1 aromatic rings. The number of nitro groups is 1. The van der Waals surface area contributed by atoms with Crippen molar-refractivity contribution in [3.05, 3.63) is 37.4 Å². The Kier molecular flexibility index (Phi) is 4.45. The summed E-state index contributed by atoms with van der Waals surface area (Å²) in [7, 11) is 0. The molecule has 1 heterocycles. The molecule has 1 amide bonds. The molecule has 0 saturated carbocycles. The van der Waals surface area contributed by atoms with E-state index in [1.165, 1.54) is 23.1 Å². The number of rotatable bonds is 3. The van der Waals surface area contributed by atoms with E-state index >= 15 is 0 Å². The van der Waals surface area contributed by atoms with Crippen LogP contribution in [0.5, 0.6) is 0 Å². The van der Waals surface area contributed by atoms with E-state index in [9.17, 15) is 24.8 Å². The first kappa shape index (κ1) is 15.7. The fourth-order valence-electron chi connectivity index (χ4n) is 2.50.